The molecular weight excluding hydrogens is 430 g/mol. The van der Waals surface area contributed by atoms with Gasteiger partial charge in [-0.2, -0.15) is 0 Å². The summed E-state index contributed by atoms with van der Waals surface area (Å²) in [5, 5.41) is 5.77. The van der Waals surface area contributed by atoms with Gasteiger partial charge in [-0.1, -0.05) is 48.5 Å². The Morgan fingerprint density at radius 3 is 2.47 bits per heavy atom. The molecule has 0 saturated carbocycles. The number of amides is 2. The maximum absolute atomic E-state index is 12.9. The molecule has 2 aromatic rings. The number of methoxy groups -OCH3 is 1. The molecule has 2 heterocycles. The first-order valence-electron chi connectivity index (χ1n) is 12.0. The van der Waals surface area contributed by atoms with E-state index < -0.39 is 12.0 Å². The van der Waals surface area contributed by atoms with E-state index in [2.05, 4.69) is 39.8 Å². The minimum Gasteiger partial charge on any atom is -0.494 e. The van der Waals surface area contributed by atoms with Crippen molar-refractivity contribution >= 4 is 12.0 Å². The van der Waals surface area contributed by atoms with E-state index in [1.807, 2.05) is 37.3 Å². The SMILES string of the molecule is CCOc1ccccc1C1NC(=O)NC(CN2CCC(Cc3ccccc3)CC2)=C1C(=O)OC. The lowest BCUT2D eigenvalue weighted by Crippen LogP contribution is -2.49. The van der Waals surface area contributed by atoms with Crippen LogP contribution in [-0.4, -0.2) is 50.3 Å². The fraction of sp³-hybridized carbons (Fsp3) is 0.407. The van der Waals surface area contributed by atoms with Crippen LogP contribution in [0.4, 0.5) is 4.79 Å². The molecule has 2 aliphatic rings. The van der Waals surface area contributed by atoms with Crippen LogP contribution in [0.3, 0.4) is 0 Å². The summed E-state index contributed by atoms with van der Waals surface area (Å²) in [5.74, 6) is 0.818. The van der Waals surface area contributed by atoms with Crippen LogP contribution in [0.5, 0.6) is 5.75 Å². The highest BCUT2D eigenvalue weighted by atomic mass is 16.5. The smallest absolute Gasteiger partial charge is 0.338 e. The van der Waals surface area contributed by atoms with Gasteiger partial charge in [0.2, 0.25) is 0 Å². The number of rotatable bonds is 8. The number of hydrogen-bond donors (Lipinski definition) is 2. The van der Waals surface area contributed by atoms with E-state index in [9.17, 15) is 9.59 Å². The summed E-state index contributed by atoms with van der Waals surface area (Å²) in [6.07, 6.45) is 3.25. The van der Waals surface area contributed by atoms with Gasteiger partial charge >= 0.3 is 12.0 Å². The highest BCUT2D eigenvalue weighted by molar-refractivity contribution is 5.95. The van der Waals surface area contributed by atoms with Crippen molar-refractivity contribution in [2.24, 2.45) is 5.92 Å². The molecule has 180 valence electrons. The molecule has 1 fully saturated rings. The van der Waals surface area contributed by atoms with Gasteiger partial charge in [-0.15, -0.1) is 0 Å². The number of benzene rings is 2. The third kappa shape index (κ3) is 5.59. The number of ether oxygens (including phenoxy) is 2. The number of nitrogens with zero attached hydrogens (tertiary/aromatic N) is 1. The van der Waals surface area contributed by atoms with E-state index in [1.54, 1.807) is 0 Å². The number of urea groups is 1. The quantitative estimate of drug-likeness (QED) is 0.582. The Morgan fingerprint density at radius 2 is 1.76 bits per heavy atom. The van der Waals surface area contributed by atoms with Gasteiger partial charge in [0, 0.05) is 17.8 Å². The van der Waals surface area contributed by atoms with Crippen LogP contribution in [0.25, 0.3) is 0 Å². The number of carbonyl (C=O) groups excluding carboxylic acids is 2. The number of esters is 1. The van der Waals surface area contributed by atoms with Crippen LogP contribution in [0.2, 0.25) is 0 Å². The molecule has 1 atom stereocenters. The van der Waals surface area contributed by atoms with Gasteiger partial charge in [0.05, 0.1) is 25.3 Å². The summed E-state index contributed by atoms with van der Waals surface area (Å²) in [4.78, 5) is 27.8. The highest BCUT2D eigenvalue weighted by Crippen LogP contribution is 2.34. The molecule has 0 radical (unpaired) electrons. The Morgan fingerprint density at radius 1 is 1.06 bits per heavy atom. The summed E-state index contributed by atoms with van der Waals surface area (Å²) in [5.41, 5.74) is 3.12. The number of hydrogen-bond acceptors (Lipinski definition) is 5. The van der Waals surface area contributed by atoms with Gasteiger partial charge < -0.3 is 20.1 Å². The fourth-order valence-corrected chi connectivity index (χ4v) is 4.85. The normalized spacial score (nSPS) is 19.4. The molecule has 7 nitrogen and oxygen atoms in total. The van der Waals surface area contributed by atoms with Crippen molar-refractivity contribution in [3.8, 4) is 5.75 Å². The number of nitrogens with one attached hydrogen (secondary N) is 2. The van der Waals surface area contributed by atoms with Crippen molar-refractivity contribution in [1.82, 2.24) is 15.5 Å². The molecule has 0 bridgehead atoms. The van der Waals surface area contributed by atoms with Crippen LogP contribution in [-0.2, 0) is 16.0 Å². The van der Waals surface area contributed by atoms with Gasteiger partial charge in [-0.3, -0.25) is 4.90 Å². The number of para-hydroxylation sites is 1. The Hall–Kier alpha value is -3.32. The average molecular weight is 464 g/mol. The average Bonchev–Trinajstić information content (AvgIpc) is 2.86. The van der Waals surface area contributed by atoms with Crippen LogP contribution in [0, 0.1) is 5.92 Å². The first kappa shape index (κ1) is 23.8. The molecular formula is C27H33N3O4. The van der Waals surface area contributed by atoms with E-state index >= 15 is 0 Å². The molecule has 2 aromatic carbocycles. The molecule has 4 rings (SSSR count). The third-order valence-electron chi connectivity index (χ3n) is 6.54. The molecule has 2 aliphatic heterocycles. The molecule has 0 spiro atoms. The fourth-order valence-electron chi connectivity index (χ4n) is 4.85. The summed E-state index contributed by atoms with van der Waals surface area (Å²) in [6.45, 7) is 4.71. The maximum atomic E-state index is 12.9. The monoisotopic (exact) mass is 463 g/mol. The zero-order valence-corrected chi connectivity index (χ0v) is 19.9. The largest absolute Gasteiger partial charge is 0.494 e. The first-order chi connectivity index (χ1) is 16.6. The van der Waals surface area contributed by atoms with E-state index in [-0.39, 0.29) is 6.03 Å². The van der Waals surface area contributed by atoms with Crippen molar-refractivity contribution in [2.45, 2.75) is 32.2 Å². The van der Waals surface area contributed by atoms with Gasteiger partial charge in [-0.05, 0) is 56.8 Å². The molecule has 7 heteroatoms. The van der Waals surface area contributed by atoms with E-state index in [0.29, 0.717) is 36.1 Å². The molecule has 34 heavy (non-hydrogen) atoms. The summed E-state index contributed by atoms with van der Waals surface area (Å²) in [7, 11) is 1.37. The summed E-state index contributed by atoms with van der Waals surface area (Å²) in [6, 6.07) is 17.1. The maximum Gasteiger partial charge on any atom is 0.338 e. The molecule has 0 aromatic heterocycles. The van der Waals surface area contributed by atoms with Crippen molar-refractivity contribution in [3.05, 3.63) is 77.0 Å². The van der Waals surface area contributed by atoms with Crippen LogP contribution in [0.1, 0.15) is 36.9 Å². The highest BCUT2D eigenvalue weighted by Gasteiger charge is 2.36. The summed E-state index contributed by atoms with van der Waals surface area (Å²) < 4.78 is 10.9. The lowest BCUT2D eigenvalue weighted by molar-refractivity contribution is -0.136. The number of likely N-dealkylation sites (tertiary alicyclic amines) is 1. The topological polar surface area (TPSA) is 79.9 Å². The van der Waals surface area contributed by atoms with Crippen molar-refractivity contribution in [3.63, 3.8) is 0 Å². The Bertz CT molecular complexity index is 1030. The van der Waals surface area contributed by atoms with Crippen LogP contribution in [0.15, 0.2) is 65.9 Å². The Balaban J connectivity index is 1.53. The van der Waals surface area contributed by atoms with Gasteiger partial charge in [0.1, 0.15) is 5.75 Å². The second-order valence-electron chi connectivity index (χ2n) is 8.80. The van der Waals surface area contributed by atoms with E-state index in [1.165, 1.54) is 12.7 Å². The van der Waals surface area contributed by atoms with Gasteiger partial charge in [0.15, 0.2) is 0 Å². The first-order valence-corrected chi connectivity index (χ1v) is 12.0. The van der Waals surface area contributed by atoms with Crippen molar-refractivity contribution in [1.29, 1.82) is 0 Å². The van der Waals surface area contributed by atoms with Crippen LogP contribution >= 0.6 is 0 Å². The predicted molar refractivity (Wildman–Crippen MR) is 130 cm³/mol. The van der Waals surface area contributed by atoms with Crippen molar-refractivity contribution < 1.29 is 19.1 Å². The third-order valence-corrected chi connectivity index (χ3v) is 6.54. The second-order valence-corrected chi connectivity index (χ2v) is 8.80. The minimum absolute atomic E-state index is 0.335. The second kappa shape index (κ2) is 11.2. The number of carbonyl (C=O) groups is 2. The predicted octanol–water partition coefficient (Wildman–Crippen LogP) is 3.82. The molecule has 1 saturated heterocycles. The molecule has 2 N–H and O–H groups in total. The molecule has 1 unspecified atom stereocenters. The standard InChI is InChI=1S/C27H33N3O4/c1-3-34-23-12-8-7-11-21(23)25-24(26(31)33-2)22(28-27(32)29-25)18-30-15-13-20(14-16-30)17-19-9-5-4-6-10-19/h4-12,20,25H,3,13-18H2,1-2H3,(H2,28,29,32). The van der Waals surface area contributed by atoms with E-state index in [0.717, 1.165) is 37.9 Å². The lowest BCUT2D eigenvalue weighted by atomic mass is 9.89. The Kier molecular flexibility index (Phi) is 7.85. The van der Waals surface area contributed by atoms with Gasteiger partial charge in [0.25, 0.3) is 0 Å². The molecule has 2 amide bonds. The van der Waals surface area contributed by atoms with Crippen LogP contribution < -0.4 is 15.4 Å². The zero-order valence-electron chi connectivity index (χ0n) is 19.9. The minimum atomic E-state index is -0.644. The lowest BCUT2D eigenvalue weighted by Gasteiger charge is -2.35. The zero-order chi connectivity index (χ0) is 23.9. The molecule has 0 aliphatic carbocycles. The Labute approximate surface area is 201 Å². The van der Waals surface area contributed by atoms with Crippen molar-refractivity contribution in [2.75, 3.05) is 33.4 Å². The number of piperidine rings is 1. The van der Waals surface area contributed by atoms with Gasteiger partial charge in [-0.25, -0.2) is 9.59 Å². The van der Waals surface area contributed by atoms with E-state index in [4.69, 9.17) is 9.47 Å². The summed E-state index contributed by atoms with van der Waals surface area (Å²) >= 11 is 0.